The van der Waals surface area contributed by atoms with Gasteiger partial charge in [-0.3, -0.25) is 0 Å². The average molecular weight is 537 g/mol. The molecule has 0 radical (unpaired) electrons. The quantitative estimate of drug-likeness (QED) is 0.175. The minimum Gasteiger partial charge on any atom is -0.374 e. The Hall–Kier alpha value is -3.58. The van der Waals surface area contributed by atoms with Gasteiger partial charge in [0.2, 0.25) is 0 Å². The summed E-state index contributed by atoms with van der Waals surface area (Å²) in [5.74, 6) is 0. The summed E-state index contributed by atoms with van der Waals surface area (Å²) in [7, 11) is 0. The maximum absolute atomic E-state index is 6.54. The van der Waals surface area contributed by atoms with E-state index in [9.17, 15) is 0 Å². The van der Waals surface area contributed by atoms with Gasteiger partial charge in [0.1, 0.15) is 18.3 Å². The lowest BCUT2D eigenvalue weighted by Crippen LogP contribution is -2.44. The van der Waals surface area contributed by atoms with Crippen LogP contribution >= 0.6 is 0 Å². The fraction of sp³-hybridized carbons (Fsp3) is 0.257. The topological polar surface area (TPSA) is 46.2 Å². The smallest absolute Gasteiger partial charge is 0.177 e. The molecule has 5 rings (SSSR count). The van der Waals surface area contributed by atoms with Crippen LogP contribution < -0.4 is 0 Å². The molecule has 4 aromatic carbocycles. The third kappa shape index (κ3) is 8.71. The fourth-order valence-corrected chi connectivity index (χ4v) is 4.55. The summed E-state index contributed by atoms with van der Waals surface area (Å²) in [6.45, 7) is 2.11. The summed E-state index contributed by atoms with van der Waals surface area (Å²) in [4.78, 5) is 0. The number of ether oxygens (including phenoxy) is 5. The molecule has 1 aliphatic heterocycles. The summed E-state index contributed by atoms with van der Waals surface area (Å²) >= 11 is 0. The Morgan fingerprint density at radius 2 is 0.925 bits per heavy atom. The molecule has 206 valence electrons. The molecule has 0 aliphatic carbocycles. The second-order valence-corrected chi connectivity index (χ2v) is 9.75. The fourth-order valence-electron chi connectivity index (χ4n) is 4.55. The van der Waals surface area contributed by atoms with Gasteiger partial charge in [-0.15, -0.1) is 0 Å². The molecule has 5 nitrogen and oxygen atoms in total. The van der Waals surface area contributed by atoms with Crippen LogP contribution in [0.15, 0.2) is 133 Å². The van der Waals surface area contributed by atoms with E-state index in [0.717, 1.165) is 22.3 Å². The highest BCUT2D eigenvalue weighted by Crippen LogP contribution is 2.24. The van der Waals surface area contributed by atoms with Crippen molar-refractivity contribution >= 4 is 0 Å². The maximum atomic E-state index is 6.54. The van der Waals surface area contributed by atoms with Gasteiger partial charge in [0.15, 0.2) is 6.29 Å². The van der Waals surface area contributed by atoms with E-state index in [1.54, 1.807) is 0 Å². The predicted molar refractivity (Wildman–Crippen MR) is 155 cm³/mol. The summed E-state index contributed by atoms with van der Waals surface area (Å²) in [6.07, 6.45) is 2.16. The lowest BCUT2D eigenvalue weighted by Gasteiger charge is -2.31. The molecular formula is C35H36O5. The highest BCUT2D eigenvalue weighted by atomic mass is 16.7. The lowest BCUT2D eigenvalue weighted by atomic mass is 10.1. The summed E-state index contributed by atoms with van der Waals surface area (Å²) in [5, 5.41) is 0. The molecule has 4 atom stereocenters. The van der Waals surface area contributed by atoms with Crippen LogP contribution in [0.25, 0.3) is 0 Å². The van der Waals surface area contributed by atoms with Crippen molar-refractivity contribution < 1.29 is 23.7 Å². The van der Waals surface area contributed by atoms with Crippen LogP contribution in [0, 0.1) is 0 Å². The van der Waals surface area contributed by atoms with Gasteiger partial charge in [-0.05, 0) is 28.3 Å². The Morgan fingerprint density at radius 1 is 0.475 bits per heavy atom. The van der Waals surface area contributed by atoms with Crippen LogP contribution in [0.5, 0.6) is 0 Å². The normalized spacial score (nSPS) is 20.7. The molecule has 40 heavy (non-hydrogen) atoms. The first-order valence-electron chi connectivity index (χ1n) is 13.8. The largest absolute Gasteiger partial charge is 0.374 e. The Labute approximate surface area is 236 Å². The van der Waals surface area contributed by atoms with Crippen LogP contribution in [-0.2, 0) is 50.1 Å². The average Bonchev–Trinajstić information content (AvgIpc) is 3.18. The van der Waals surface area contributed by atoms with E-state index in [4.69, 9.17) is 23.7 Å². The second-order valence-electron chi connectivity index (χ2n) is 9.75. The first-order chi connectivity index (χ1) is 19.8. The van der Waals surface area contributed by atoms with Crippen LogP contribution in [0.1, 0.15) is 22.3 Å². The standard InChI is InChI=1S/C35H36O5/c1-5-13-28(14-6-1)23-36-27-33-35(39-26-31-19-11-4-12-20-31)32(37-24-29-15-7-2-8-16-29)21-22-34(40-33)38-25-30-17-9-3-10-18-30/h1-22,32-35H,23-27H2/t32-,33-,34?,35+/m1/s1. The zero-order valence-electron chi connectivity index (χ0n) is 22.6. The van der Waals surface area contributed by atoms with Crippen molar-refractivity contribution in [2.45, 2.75) is 51.0 Å². The Morgan fingerprint density at radius 3 is 1.45 bits per heavy atom. The van der Waals surface area contributed by atoms with E-state index >= 15 is 0 Å². The summed E-state index contributed by atoms with van der Waals surface area (Å²) in [5.41, 5.74) is 4.36. The SMILES string of the molecule is C1=C[C@@H](OCc2ccccc2)[C@H](OCc2ccccc2)[C@@H](COCc2ccccc2)OC1OCc1ccccc1. The van der Waals surface area contributed by atoms with Gasteiger partial charge in [0.05, 0.1) is 33.0 Å². The molecular weight excluding hydrogens is 500 g/mol. The van der Waals surface area contributed by atoms with Crippen molar-refractivity contribution in [1.82, 2.24) is 0 Å². The number of benzene rings is 4. The number of hydrogen-bond acceptors (Lipinski definition) is 5. The van der Waals surface area contributed by atoms with Gasteiger partial charge in [-0.25, -0.2) is 0 Å². The summed E-state index contributed by atoms with van der Waals surface area (Å²) in [6, 6.07) is 40.5. The van der Waals surface area contributed by atoms with Gasteiger partial charge >= 0.3 is 0 Å². The van der Waals surface area contributed by atoms with Crippen LogP contribution in [0.2, 0.25) is 0 Å². The van der Waals surface area contributed by atoms with Crippen molar-refractivity contribution in [2.24, 2.45) is 0 Å². The van der Waals surface area contributed by atoms with Gasteiger partial charge < -0.3 is 23.7 Å². The Kier molecular flexibility index (Phi) is 10.7. The van der Waals surface area contributed by atoms with Crippen molar-refractivity contribution in [3.8, 4) is 0 Å². The molecule has 0 saturated carbocycles. The minimum atomic E-state index is -0.571. The Bertz CT molecular complexity index is 1260. The first-order valence-corrected chi connectivity index (χ1v) is 13.8. The van der Waals surface area contributed by atoms with Crippen LogP contribution in [0.4, 0.5) is 0 Å². The third-order valence-corrected chi connectivity index (χ3v) is 6.68. The molecule has 0 fully saturated rings. The molecule has 4 aromatic rings. The third-order valence-electron chi connectivity index (χ3n) is 6.68. The van der Waals surface area contributed by atoms with E-state index in [-0.39, 0.29) is 6.10 Å². The van der Waals surface area contributed by atoms with Crippen LogP contribution in [-0.4, -0.2) is 31.2 Å². The molecule has 0 saturated heterocycles. The molecule has 0 N–H and O–H groups in total. The van der Waals surface area contributed by atoms with Crippen molar-refractivity contribution in [1.29, 1.82) is 0 Å². The molecule has 5 heteroatoms. The Balaban J connectivity index is 1.34. The van der Waals surface area contributed by atoms with Gasteiger partial charge in [0.25, 0.3) is 0 Å². The molecule has 0 bridgehead atoms. The highest BCUT2D eigenvalue weighted by molar-refractivity contribution is 5.16. The lowest BCUT2D eigenvalue weighted by molar-refractivity contribution is -0.208. The zero-order chi connectivity index (χ0) is 27.2. The molecule has 0 amide bonds. The van der Waals surface area contributed by atoms with E-state index in [2.05, 4.69) is 36.4 Å². The van der Waals surface area contributed by atoms with E-state index < -0.39 is 18.5 Å². The van der Waals surface area contributed by atoms with E-state index in [1.807, 2.05) is 97.1 Å². The number of hydrogen-bond donors (Lipinski definition) is 0. The van der Waals surface area contributed by atoms with Crippen molar-refractivity contribution in [3.63, 3.8) is 0 Å². The second kappa shape index (κ2) is 15.3. The predicted octanol–water partition coefficient (Wildman–Crippen LogP) is 6.87. The highest BCUT2D eigenvalue weighted by Gasteiger charge is 2.35. The molecule has 0 spiro atoms. The molecule has 1 unspecified atom stereocenters. The molecule has 0 aromatic heterocycles. The molecule has 1 aliphatic rings. The summed E-state index contributed by atoms with van der Waals surface area (Å²) < 4.78 is 31.9. The zero-order valence-corrected chi connectivity index (χ0v) is 22.6. The molecule has 1 heterocycles. The van der Waals surface area contributed by atoms with Gasteiger partial charge in [0, 0.05) is 0 Å². The monoisotopic (exact) mass is 536 g/mol. The van der Waals surface area contributed by atoms with Crippen LogP contribution in [0.3, 0.4) is 0 Å². The van der Waals surface area contributed by atoms with Gasteiger partial charge in [-0.2, -0.15) is 0 Å². The van der Waals surface area contributed by atoms with Crippen molar-refractivity contribution in [3.05, 3.63) is 156 Å². The first kappa shape index (κ1) is 28.0. The van der Waals surface area contributed by atoms with E-state index in [0.29, 0.717) is 33.0 Å². The minimum absolute atomic E-state index is 0.326. The maximum Gasteiger partial charge on any atom is 0.177 e. The van der Waals surface area contributed by atoms with E-state index in [1.165, 1.54) is 0 Å². The van der Waals surface area contributed by atoms with Crippen molar-refractivity contribution in [2.75, 3.05) is 6.61 Å². The number of rotatable bonds is 13. The van der Waals surface area contributed by atoms with Gasteiger partial charge in [-0.1, -0.05) is 127 Å².